The zero-order valence-electron chi connectivity index (χ0n) is 13.7. The Morgan fingerprint density at radius 3 is 2.40 bits per heavy atom. The second-order valence-corrected chi connectivity index (χ2v) is 6.25. The van der Waals surface area contributed by atoms with Crippen LogP contribution in [0.3, 0.4) is 0 Å². The fourth-order valence-corrected chi connectivity index (χ4v) is 2.77. The third-order valence-corrected chi connectivity index (χ3v) is 3.81. The van der Waals surface area contributed by atoms with E-state index in [0.717, 1.165) is 25.8 Å². The van der Waals surface area contributed by atoms with Crippen molar-refractivity contribution >= 4 is 5.97 Å². The van der Waals surface area contributed by atoms with Gasteiger partial charge in [-0.15, -0.1) is 0 Å². The summed E-state index contributed by atoms with van der Waals surface area (Å²) in [4.78, 5) is 12.4. The first-order valence-corrected chi connectivity index (χ1v) is 8.00. The van der Waals surface area contributed by atoms with Crippen LogP contribution in [-0.4, -0.2) is 37.4 Å². The Balaban J connectivity index is 2.68. The van der Waals surface area contributed by atoms with Gasteiger partial charge in [-0.25, -0.2) is 4.79 Å². The molecule has 1 N–H and O–H groups in total. The van der Waals surface area contributed by atoms with Gasteiger partial charge in [0, 0.05) is 0 Å². The van der Waals surface area contributed by atoms with E-state index >= 15 is 0 Å². The predicted octanol–water partition coefficient (Wildman–Crippen LogP) is 2.76. The maximum absolute atomic E-state index is 12.4. The Morgan fingerprint density at radius 1 is 1.30 bits per heavy atom. The second-order valence-electron chi connectivity index (χ2n) is 6.25. The first-order chi connectivity index (χ1) is 9.46. The molecule has 1 aliphatic carbocycles. The van der Waals surface area contributed by atoms with Crippen molar-refractivity contribution in [1.29, 1.82) is 0 Å². The smallest absolute Gasteiger partial charge is 0.329 e. The van der Waals surface area contributed by atoms with Crippen LogP contribution in [0.5, 0.6) is 0 Å². The number of carbonyl (C=O) groups excluding carboxylic acids is 1. The Bertz CT molecular complexity index is 302. The van der Waals surface area contributed by atoms with Gasteiger partial charge < -0.3 is 9.47 Å². The highest BCUT2D eigenvalue weighted by Gasteiger charge is 2.52. The summed E-state index contributed by atoms with van der Waals surface area (Å²) in [6.07, 6.45) is 3.33. The molecule has 0 bridgehead atoms. The summed E-state index contributed by atoms with van der Waals surface area (Å²) in [5, 5.41) is 3.35. The van der Waals surface area contributed by atoms with Gasteiger partial charge in [0.25, 0.3) is 0 Å². The quantitative estimate of drug-likeness (QED) is 0.627. The summed E-state index contributed by atoms with van der Waals surface area (Å²) in [7, 11) is 0. The summed E-state index contributed by atoms with van der Waals surface area (Å²) in [6, 6.07) is 0. The van der Waals surface area contributed by atoms with E-state index in [1.165, 1.54) is 0 Å². The Kier molecular flexibility index (Phi) is 6.96. The molecule has 4 heteroatoms. The van der Waals surface area contributed by atoms with Crippen molar-refractivity contribution < 1.29 is 14.3 Å². The Morgan fingerprint density at radius 2 is 1.95 bits per heavy atom. The fraction of sp³-hybridized carbons (Fsp3) is 0.938. The van der Waals surface area contributed by atoms with E-state index in [1.54, 1.807) is 0 Å². The summed E-state index contributed by atoms with van der Waals surface area (Å²) < 4.78 is 11.3. The average Bonchev–Trinajstić information content (AvgIpc) is 3.18. The highest BCUT2D eigenvalue weighted by Crippen LogP contribution is 2.41. The minimum absolute atomic E-state index is 0.152. The van der Waals surface area contributed by atoms with Crippen molar-refractivity contribution in [2.75, 3.05) is 19.8 Å². The maximum Gasteiger partial charge on any atom is 0.329 e. The third kappa shape index (κ3) is 4.74. The summed E-state index contributed by atoms with van der Waals surface area (Å²) >= 11 is 0. The van der Waals surface area contributed by atoms with Crippen LogP contribution < -0.4 is 5.32 Å². The topological polar surface area (TPSA) is 47.6 Å². The minimum Gasteiger partial charge on any atom is -0.465 e. The van der Waals surface area contributed by atoms with Gasteiger partial charge >= 0.3 is 5.97 Å². The Labute approximate surface area is 123 Å². The molecule has 0 saturated heterocycles. The molecule has 0 spiro atoms. The largest absolute Gasteiger partial charge is 0.465 e. The van der Waals surface area contributed by atoms with Crippen LogP contribution in [0.15, 0.2) is 0 Å². The molecule has 1 fully saturated rings. The van der Waals surface area contributed by atoms with Gasteiger partial charge in [0.05, 0.1) is 19.3 Å². The van der Waals surface area contributed by atoms with Crippen molar-refractivity contribution in [3.8, 4) is 0 Å². The van der Waals surface area contributed by atoms with E-state index in [-0.39, 0.29) is 12.1 Å². The minimum atomic E-state index is -0.643. The molecule has 1 saturated carbocycles. The number of ether oxygens (including phenoxy) is 2. The van der Waals surface area contributed by atoms with Crippen LogP contribution in [0, 0.1) is 11.8 Å². The lowest BCUT2D eigenvalue weighted by Gasteiger charge is -2.33. The van der Waals surface area contributed by atoms with Gasteiger partial charge in [0.15, 0.2) is 0 Å². The van der Waals surface area contributed by atoms with Crippen molar-refractivity contribution in [3.05, 3.63) is 0 Å². The van der Waals surface area contributed by atoms with Crippen LogP contribution in [0.2, 0.25) is 0 Å². The van der Waals surface area contributed by atoms with Crippen LogP contribution in [-0.2, 0) is 14.3 Å². The molecule has 20 heavy (non-hydrogen) atoms. The summed E-state index contributed by atoms with van der Waals surface area (Å²) in [5.41, 5.74) is -0.643. The lowest BCUT2D eigenvalue weighted by molar-refractivity contribution is -0.156. The number of esters is 1. The number of carbonyl (C=O) groups is 1. The molecule has 0 aromatic heterocycles. The number of likely N-dealkylation sites (N-methyl/N-ethyl adjacent to an activating group) is 1. The first kappa shape index (κ1) is 17.4. The van der Waals surface area contributed by atoms with E-state index in [1.807, 2.05) is 13.8 Å². The first-order valence-electron chi connectivity index (χ1n) is 8.00. The number of rotatable bonds is 10. The molecular formula is C16H31NO3. The number of nitrogens with one attached hydrogen (secondary N) is 1. The average molecular weight is 285 g/mol. The van der Waals surface area contributed by atoms with Crippen molar-refractivity contribution in [2.45, 2.75) is 65.5 Å². The highest BCUT2D eigenvalue weighted by molar-refractivity contribution is 5.82. The van der Waals surface area contributed by atoms with Gasteiger partial charge in [0.2, 0.25) is 0 Å². The van der Waals surface area contributed by atoms with Crippen LogP contribution in [0.1, 0.15) is 53.9 Å². The molecule has 2 unspecified atom stereocenters. The van der Waals surface area contributed by atoms with Gasteiger partial charge in [-0.05, 0) is 51.5 Å². The van der Waals surface area contributed by atoms with Gasteiger partial charge in [-0.3, -0.25) is 5.32 Å². The zero-order valence-corrected chi connectivity index (χ0v) is 13.7. The summed E-state index contributed by atoms with van der Waals surface area (Å²) in [5.74, 6) is 0.802. The molecule has 0 aliphatic heterocycles. The second kappa shape index (κ2) is 7.99. The SMILES string of the molecule is CCNC(COC(C)CC(C)C)(C(=O)OCC)C1CC1. The van der Waals surface area contributed by atoms with Gasteiger partial charge in [0.1, 0.15) is 5.54 Å². The molecule has 0 aromatic rings. The van der Waals surface area contributed by atoms with E-state index in [2.05, 4.69) is 26.1 Å². The standard InChI is InChI=1S/C16H31NO3/c1-6-17-16(14-8-9-14,15(18)19-7-2)11-20-13(5)10-12(3)4/h12-14,17H,6-11H2,1-5H3. The number of hydrogen-bond acceptors (Lipinski definition) is 4. The van der Waals surface area contributed by atoms with Crippen molar-refractivity contribution in [1.82, 2.24) is 5.32 Å². The van der Waals surface area contributed by atoms with E-state index in [9.17, 15) is 4.79 Å². The molecule has 1 rings (SSSR count). The van der Waals surface area contributed by atoms with Crippen molar-refractivity contribution in [2.24, 2.45) is 11.8 Å². The van der Waals surface area contributed by atoms with Crippen LogP contribution in [0.4, 0.5) is 0 Å². The molecule has 0 aromatic carbocycles. The van der Waals surface area contributed by atoms with E-state index < -0.39 is 5.54 Å². The van der Waals surface area contributed by atoms with E-state index in [4.69, 9.17) is 9.47 Å². The third-order valence-electron chi connectivity index (χ3n) is 3.81. The number of hydrogen-bond donors (Lipinski definition) is 1. The molecule has 2 atom stereocenters. The highest BCUT2D eigenvalue weighted by atomic mass is 16.5. The summed E-state index contributed by atoms with van der Waals surface area (Å²) in [6.45, 7) is 11.9. The molecule has 0 heterocycles. The maximum atomic E-state index is 12.4. The normalized spacial score (nSPS) is 19.7. The molecule has 0 radical (unpaired) electrons. The van der Waals surface area contributed by atoms with Crippen LogP contribution >= 0.6 is 0 Å². The lowest BCUT2D eigenvalue weighted by atomic mass is 9.93. The Hall–Kier alpha value is -0.610. The van der Waals surface area contributed by atoms with Crippen molar-refractivity contribution in [3.63, 3.8) is 0 Å². The molecule has 0 amide bonds. The molecule has 1 aliphatic rings. The zero-order chi connectivity index (χ0) is 15.2. The lowest BCUT2D eigenvalue weighted by Crippen LogP contribution is -2.58. The molecular weight excluding hydrogens is 254 g/mol. The molecule has 4 nitrogen and oxygen atoms in total. The predicted molar refractivity (Wildman–Crippen MR) is 80.6 cm³/mol. The van der Waals surface area contributed by atoms with Gasteiger partial charge in [-0.1, -0.05) is 20.8 Å². The van der Waals surface area contributed by atoms with E-state index in [0.29, 0.717) is 25.0 Å². The van der Waals surface area contributed by atoms with Gasteiger partial charge in [-0.2, -0.15) is 0 Å². The monoisotopic (exact) mass is 285 g/mol. The molecule has 118 valence electrons. The van der Waals surface area contributed by atoms with Crippen LogP contribution in [0.25, 0.3) is 0 Å². The fourth-order valence-electron chi connectivity index (χ4n) is 2.77.